The molecule has 1 fully saturated rings. The van der Waals surface area contributed by atoms with Crippen LogP contribution in [-0.4, -0.2) is 42.6 Å². The Bertz CT molecular complexity index is 438. The fourth-order valence-corrected chi connectivity index (χ4v) is 3.32. The van der Waals surface area contributed by atoms with Crippen LogP contribution in [0.5, 0.6) is 0 Å². The first-order valence-electron chi connectivity index (χ1n) is 5.91. The summed E-state index contributed by atoms with van der Waals surface area (Å²) in [4.78, 5) is 11.2. The third-order valence-electron chi connectivity index (χ3n) is 3.55. The van der Waals surface area contributed by atoms with Crippen molar-refractivity contribution in [3.63, 3.8) is 0 Å². The zero-order valence-electron chi connectivity index (χ0n) is 10.2. The van der Waals surface area contributed by atoms with Crippen LogP contribution in [-0.2, 0) is 11.8 Å². The summed E-state index contributed by atoms with van der Waals surface area (Å²) in [5, 5.41) is 21.1. The van der Waals surface area contributed by atoms with Crippen molar-refractivity contribution in [3.05, 3.63) is 0 Å². The maximum Gasteiger partial charge on any atom is 0.323 e. The topological polar surface area (TPSA) is 107 Å². The first-order valence-corrected chi connectivity index (χ1v) is 6.90. The Kier molecular flexibility index (Phi) is 3.86. The van der Waals surface area contributed by atoms with Gasteiger partial charge in [0.15, 0.2) is 0 Å². The smallest absolute Gasteiger partial charge is 0.323 e. The molecule has 100 valence electrons. The number of nitrogens with two attached hydrogens (primary N) is 1. The zero-order valence-corrected chi connectivity index (χ0v) is 11.1. The van der Waals surface area contributed by atoms with Gasteiger partial charge < -0.3 is 10.8 Å². The second-order valence-electron chi connectivity index (χ2n) is 4.66. The lowest BCUT2D eigenvalue weighted by molar-refractivity contribution is -0.144. The minimum absolute atomic E-state index is 0.0451. The number of carbonyl (C=O) groups is 1. The predicted octanol–water partition coefficient (Wildman–Crippen LogP) is 0.274. The molecule has 8 heteroatoms. The summed E-state index contributed by atoms with van der Waals surface area (Å²) in [6, 6.07) is 0. The molecule has 0 bridgehead atoms. The van der Waals surface area contributed by atoms with E-state index in [1.807, 2.05) is 0 Å². The van der Waals surface area contributed by atoms with E-state index < -0.39 is 11.5 Å². The first kappa shape index (κ1) is 13.3. The van der Waals surface area contributed by atoms with Gasteiger partial charge in [-0.3, -0.25) is 4.79 Å². The maximum absolute atomic E-state index is 11.2. The molecule has 2 atom stereocenters. The van der Waals surface area contributed by atoms with E-state index in [9.17, 15) is 9.90 Å². The van der Waals surface area contributed by atoms with Crippen molar-refractivity contribution in [2.45, 2.75) is 36.4 Å². The molecule has 0 amide bonds. The maximum atomic E-state index is 11.2. The SMILES string of the molecule is Cn1nnnc1SCCC1CCCC1(N)C(=O)O. The molecule has 7 nitrogen and oxygen atoms in total. The molecule has 18 heavy (non-hydrogen) atoms. The molecule has 0 saturated heterocycles. The first-order chi connectivity index (χ1) is 8.54. The Balaban J connectivity index is 1.87. The van der Waals surface area contributed by atoms with Gasteiger partial charge in [0.1, 0.15) is 5.54 Å². The Morgan fingerprint density at radius 2 is 2.50 bits per heavy atom. The third kappa shape index (κ3) is 2.49. The molecule has 0 spiro atoms. The van der Waals surface area contributed by atoms with Crippen LogP contribution in [0.15, 0.2) is 5.16 Å². The highest BCUT2D eigenvalue weighted by Crippen LogP contribution is 2.37. The summed E-state index contributed by atoms with van der Waals surface area (Å²) in [5.41, 5.74) is 4.94. The van der Waals surface area contributed by atoms with Crippen LogP contribution in [0.1, 0.15) is 25.7 Å². The number of carboxylic acids is 1. The van der Waals surface area contributed by atoms with Gasteiger partial charge >= 0.3 is 5.97 Å². The second kappa shape index (κ2) is 5.23. The lowest BCUT2D eigenvalue weighted by Crippen LogP contribution is -2.51. The standard InChI is InChI=1S/C10H17N5O2S/c1-15-9(12-13-14-15)18-6-4-7-3-2-5-10(7,11)8(16)17/h7H,2-6,11H2,1H3,(H,16,17). The van der Waals surface area contributed by atoms with Crippen LogP contribution in [0.25, 0.3) is 0 Å². The fourth-order valence-electron chi connectivity index (χ4n) is 2.42. The summed E-state index contributed by atoms with van der Waals surface area (Å²) in [6.07, 6.45) is 3.13. The van der Waals surface area contributed by atoms with Crippen molar-refractivity contribution in [3.8, 4) is 0 Å². The van der Waals surface area contributed by atoms with Gasteiger partial charge in [-0.25, -0.2) is 4.68 Å². The highest BCUT2D eigenvalue weighted by Gasteiger charge is 2.45. The van der Waals surface area contributed by atoms with Crippen LogP contribution in [0.3, 0.4) is 0 Å². The van der Waals surface area contributed by atoms with E-state index in [0.29, 0.717) is 6.42 Å². The quantitative estimate of drug-likeness (QED) is 0.740. The van der Waals surface area contributed by atoms with Gasteiger partial charge in [0.25, 0.3) is 0 Å². The number of thioether (sulfide) groups is 1. The minimum Gasteiger partial charge on any atom is -0.480 e. The van der Waals surface area contributed by atoms with Crippen LogP contribution >= 0.6 is 11.8 Å². The lowest BCUT2D eigenvalue weighted by atomic mass is 9.86. The summed E-state index contributed by atoms with van der Waals surface area (Å²) in [7, 11) is 1.78. The molecule has 1 aliphatic carbocycles. The van der Waals surface area contributed by atoms with E-state index in [1.54, 1.807) is 11.7 Å². The summed E-state index contributed by atoms with van der Waals surface area (Å²) >= 11 is 1.53. The average Bonchev–Trinajstić information content (AvgIpc) is 2.88. The molecule has 2 rings (SSSR count). The van der Waals surface area contributed by atoms with Gasteiger partial charge in [0.05, 0.1) is 0 Å². The summed E-state index contributed by atoms with van der Waals surface area (Å²) in [5.74, 6) is -0.0514. The normalized spacial score (nSPS) is 27.6. The van der Waals surface area contributed by atoms with Gasteiger partial charge in [0, 0.05) is 12.8 Å². The zero-order chi connectivity index (χ0) is 13.2. The molecule has 2 unspecified atom stereocenters. The van der Waals surface area contributed by atoms with Gasteiger partial charge in [0.2, 0.25) is 5.16 Å². The Labute approximate surface area is 109 Å². The molecular formula is C10H17N5O2S. The van der Waals surface area contributed by atoms with Crippen molar-refractivity contribution in [2.24, 2.45) is 18.7 Å². The number of nitrogens with zero attached hydrogens (tertiary/aromatic N) is 4. The number of rotatable bonds is 5. The van der Waals surface area contributed by atoms with Gasteiger partial charge in [-0.05, 0) is 35.6 Å². The largest absolute Gasteiger partial charge is 0.480 e. The molecule has 0 radical (unpaired) electrons. The fraction of sp³-hybridized carbons (Fsp3) is 0.800. The predicted molar refractivity (Wildman–Crippen MR) is 66.0 cm³/mol. The Hall–Kier alpha value is -1.15. The van der Waals surface area contributed by atoms with Gasteiger partial charge in [-0.15, -0.1) is 5.10 Å². The van der Waals surface area contributed by atoms with Crippen molar-refractivity contribution in [2.75, 3.05) is 5.75 Å². The molecule has 1 heterocycles. The number of hydrogen-bond donors (Lipinski definition) is 2. The van der Waals surface area contributed by atoms with Crippen molar-refractivity contribution in [1.29, 1.82) is 0 Å². The van der Waals surface area contributed by atoms with Crippen molar-refractivity contribution in [1.82, 2.24) is 20.2 Å². The molecule has 1 aromatic rings. The number of aliphatic carboxylic acids is 1. The monoisotopic (exact) mass is 271 g/mol. The number of hydrogen-bond acceptors (Lipinski definition) is 6. The lowest BCUT2D eigenvalue weighted by Gasteiger charge is -2.26. The molecular weight excluding hydrogens is 254 g/mol. The molecule has 1 aliphatic rings. The average molecular weight is 271 g/mol. The van der Waals surface area contributed by atoms with E-state index in [1.165, 1.54) is 11.8 Å². The third-order valence-corrected chi connectivity index (χ3v) is 4.59. The highest BCUT2D eigenvalue weighted by molar-refractivity contribution is 7.99. The van der Waals surface area contributed by atoms with Crippen molar-refractivity contribution >= 4 is 17.7 Å². The Morgan fingerprint density at radius 3 is 3.11 bits per heavy atom. The Morgan fingerprint density at radius 1 is 1.72 bits per heavy atom. The molecule has 0 aromatic carbocycles. The van der Waals surface area contributed by atoms with Crippen LogP contribution in [0, 0.1) is 5.92 Å². The number of tetrazole rings is 1. The number of aryl methyl sites for hydroxylation is 1. The molecule has 3 N–H and O–H groups in total. The van der Waals surface area contributed by atoms with E-state index in [-0.39, 0.29) is 5.92 Å². The van der Waals surface area contributed by atoms with E-state index in [0.717, 1.165) is 30.2 Å². The van der Waals surface area contributed by atoms with E-state index in [4.69, 9.17) is 5.73 Å². The van der Waals surface area contributed by atoms with Crippen molar-refractivity contribution < 1.29 is 9.90 Å². The highest BCUT2D eigenvalue weighted by atomic mass is 32.2. The number of aromatic nitrogens is 4. The molecule has 1 saturated carbocycles. The van der Waals surface area contributed by atoms with Crippen LogP contribution < -0.4 is 5.73 Å². The van der Waals surface area contributed by atoms with Crippen LogP contribution in [0.4, 0.5) is 0 Å². The summed E-state index contributed by atoms with van der Waals surface area (Å²) < 4.78 is 1.60. The van der Waals surface area contributed by atoms with Gasteiger partial charge in [-0.1, -0.05) is 18.2 Å². The molecule has 1 aromatic heterocycles. The summed E-state index contributed by atoms with van der Waals surface area (Å²) in [6.45, 7) is 0. The van der Waals surface area contributed by atoms with Gasteiger partial charge in [-0.2, -0.15) is 0 Å². The van der Waals surface area contributed by atoms with E-state index in [2.05, 4.69) is 15.5 Å². The minimum atomic E-state index is -1.04. The molecule has 0 aliphatic heterocycles. The van der Waals surface area contributed by atoms with E-state index >= 15 is 0 Å². The number of carboxylic acid groups (broad SMARTS) is 1. The van der Waals surface area contributed by atoms with Crippen LogP contribution in [0.2, 0.25) is 0 Å². The second-order valence-corrected chi connectivity index (χ2v) is 5.72.